The van der Waals surface area contributed by atoms with Crippen LogP contribution in [0, 0.1) is 5.92 Å². The topological polar surface area (TPSA) is 63.6 Å². The number of rotatable bonds is 2. The normalized spacial score (nSPS) is 20.7. The van der Waals surface area contributed by atoms with Crippen molar-refractivity contribution in [1.82, 2.24) is 0 Å². The lowest BCUT2D eigenvalue weighted by atomic mass is 9.97. The summed E-state index contributed by atoms with van der Waals surface area (Å²) < 4.78 is 4.48. The molecule has 4 nitrogen and oxygen atoms in total. The van der Waals surface area contributed by atoms with E-state index in [0.29, 0.717) is 12.0 Å². The van der Waals surface area contributed by atoms with Crippen molar-refractivity contribution >= 4 is 11.9 Å². The Bertz CT molecular complexity index is 288. The summed E-state index contributed by atoms with van der Waals surface area (Å²) in [5, 5.41) is 8.62. The number of ether oxygens (including phenoxy) is 1. The Balaban J connectivity index is 2.65. The lowest BCUT2D eigenvalue weighted by Gasteiger charge is -2.10. The van der Waals surface area contributed by atoms with Crippen LogP contribution in [0.15, 0.2) is 23.8 Å². The average Bonchev–Trinajstić information content (AvgIpc) is 2.17. The largest absolute Gasteiger partial charge is 0.481 e. The molecule has 0 aromatic heterocycles. The molecule has 0 bridgehead atoms. The van der Waals surface area contributed by atoms with Crippen LogP contribution in [0.1, 0.15) is 6.42 Å². The number of esters is 1. The minimum absolute atomic E-state index is 0.344. The average molecular weight is 182 g/mol. The number of carbonyl (C=O) groups excluding carboxylic acids is 1. The van der Waals surface area contributed by atoms with Crippen molar-refractivity contribution in [1.29, 1.82) is 0 Å². The molecule has 0 saturated carbocycles. The van der Waals surface area contributed by atoms with Gasteiger partial charge in [0.2, 0.25) is 0 Å². The van der Waals surface area contributed by atoms with Crippen LogP contribution in [0.3, 0.4) is 0 Å². The van der Waals surface area contributed by atoms with Gasteiger partial charge in [0.15, 0.2) is 0 Å². The Labute approximate surface area is 75.5 Å². The molecule has 1 N–H and O–H groups in total. The first-order valence-corrected chi connectivity index (χ1v) is 3.84. The first-order valence-electron chi connectivity index (χ1n) is 3.84. The third-order valence-electron chi connectivity index (χ3n) is 1.84. The molecule has 0 saturated heterocycles. The summed E-state index contributed by atoms with van der Waals surface area (Å²) in [6, 6.07) is 0. The third-order valence-corrected chi connectivity index (χ3v) is 1.84. The molecule has 0 aromatic carbocycles. The zero-order valence-corrected chi connectivity index (χ0v) is 7.19. The maximum Gasteiger partial charge on any atom is 0.337 e. The van der Waals surface area contributed by atoms with E-state index in [1.54, 1.807) is 6.08 Å². The molecule has 1 unspecified atom stereocenters. The summed E-state index contributed by atoms with van der Waals surface area (Å²) in [6.07, 6.45) is 4.89. The lowest BCUT2D eigenvalue weighted by Crippen LogP contribution is -2.14. The smallest absolute Gasteiger partial charge is 0.337 e. The number of carboxylic acid groups (broad SMARTS) is 1. The van der Waals surface area contributed by atoms with Crippen LogP contribution in [-0.4, -0.2) is 24.2 Å². The van der Waals surface area contributed by atoms with Crippen molar-refractivity contribution in [3.8, 4) is 0 Å². The van der Waals surface area contributed by atoms with E-state index >= 15 is 0 Å². The SMILES string of the molecule is COC(=O)C1=CCC(C(=O)O)C=C1. The van der Waals surface area contributed by atoms with E-state index < -0.39 is 17.9 Å². The van der Waals surface area contributed by atoms with Gasteiger partial charge in [-0.05, 0) is 6.42 Å². The fourth-order valence-corrected chi connectivity index (χ4v) is 1.07. The van der Waals surface area contributed by atoms with Gasteiger partial charge in [0.1, 0.15) is 0 Å². The van der Waals surface area contributed by atoms with Gasteiger partial charge in [0, 0.05) is 0 Å². The summed E-state index contributed by atoms with van der Waals surface area (Å²) in [7, 11) is 1.29. The molecular formula is C9H10O4. The van der Waals surface area contributed by atoms with Crippen molar-refractivity contribution in [3.63, 3.8) is 0 Å². The Morgan fingerprint density at radius 2 is 2.31 bits per heavy atom. The van der Waals surface area contributed by atoms with Crippen LogP contribution in [0.4, 0.5) is 0 Å². The number of carboxylic acids is 1. The van der Waals surface area contributed by atoms with Gasteiger partial charge in [-0.3, -0.25) is 4.79 Å². The quantitative estimate of drug-likeness (QED) is 0.640. The Kier molecular flexibility index (Phi) is 2.84. The molecule has 1 atom stereocenters. The summed E-state index contributed by atoms with van der Waals surface area (Å²) in [5.74, 6) is -1.83. The van der Waals surface area contributed by atoms with Crippen molar-refractivity contribution in [2.45, 2.75) is 6.42 Å². The summed E-state index contributed by atoms with van der Waals surface area (Å²) in [5.41, 5.74) is 0.417. The maximum atomic E-state index is 11.0. The van der Waals surface area contributed by atoms with E-state index in [1.807, 2.05) is 0 Å². The van der Waals surface area contributed by atoms with E-state index in [9.17, 15) is 9.59 Å². The second-order valence-corrected chi connectivity index (χ2v) is 2.69. The molecule has 1 aliphatic rings. The van der Waals surface area contributed by atoms with Gasteiger partial charge in [-0.15, -0.1) is 0 Å². The molecule has 0 aliphatic heterocycles. The molecule has 0 amide bonds. The Morgan fingerprint density at radius 3 is 2.69 bits per heavy atom. The Hall–Kier alpha value is -1.58. The molecule has 1 aliphatic carbocycles. The number of allylic oxidation sites excluding steroid dienone is 1. The van der Waals surface area contributed by atoms with Crippen LogP contribution in [0.2, 0.25) is 0 Å². The standard InChI is InChI=1S/C9H10O4/c1-13-9(12)7-4-2-6(3-5-7)8(10)11/h2,4-6H,3H2,1H3,(H,10,11). The van der Waals surface area contributed by atoms with Gasteiger partial charge in [-0.25, -0.2) is 4.79 Å². The highest BCUT2D eigenvalue weighted by atomic mass is 16.5. The maximum absolute atomic E-state index is 11.0. The lowest BCUT2D eigenvalue weighted by molar-refractivity contribution is -0.140. The van der Waals surface area contributed by atoms with Crippen molar-refractivity contribution in [3.05, 3.63) is 23.8 Å². The zero-order valence-electron chi connectivity index (χ0n) is 7.19. The molecule has 0 radical (unpaired) electrons. The molecule has 4 heteroatoms. The first-order chi connectivity index (χ1) is 6.15. The highest BCUT2D eigenvalue weighted by Gasteiger charge is 2.18. The van der Waals surface area contributed by atoms with E-state index in [-0.39, 0.29) is 0 Å². The van der Waals surface area contributed by atoms with Crippen molar-refractivity contribution in [2.24, 2.45) is 5.92 Å². The molecule has 0 aromatic rings. The monoisotopic (exact) mass is 182 g/mol. The number of hydrogen-bond donors (Lipinski definition) is 1. The number of carbonyl (C=O) groups is 2. The van der Waals surface area contributed by atoms with Gasteiger partial charge in [-0.2, -0.15) is 0 Å². The molecule has 1 rings (SSSR count). The number of methoxy groups -OCH3 is 1. The molecular weight excluding hydrogens is 172 g/mol. The van der Waals surface area contributed by atoms with E-state index in [0.717, 1.165) is 0 Å². The predicted molar refractivity (Wildman–Crippen MR) is 45.0 cm³/mol. The number of aliphatic carboxylic acids is 1. The second kappa shape index (κ2) is 3.89. The second-order valence-electron chi connectivity index (χ2n) is 2.69. The summed E-state index contributed by atoms with van der Waals surface area (Å²) >= 11 is 0. The number of hydrogen-bond acceptors (Lipinski definition) is 3. The molecule has 0 spiro atoms. The van der Waals surface area contributed by atoms with Gasteiger partial charge in [-0.1, -0.05) is 18.2 Å². The fraction of sp³-hybridized carbons (Fsp3) is 0.333. The first kappa shape index (κ1) is 9.51. The molecule has 0 heterocycles. The highest BCUT2D eigenvalue weighted by Crippen LogP contribution is 2.17. The van der Waals surface area contributed by atoms with Gasteiger partial charge >= 0.3 is 11.9 Å². The van der Waals surface area contributed by atoms with Gasteiger partial charge in [0.05, 0.1) is 18.6 Å². The van der Waals surface area contributed by atoms with Crippen LogP contribution in [0.25, 0.3) is 0 Å². The summed E-state index contributed by atoms with van der Waals surface area (Å²) in [4.78, 5) is 21.5. The minimum Gasteiger partial charge on any atom is -0.481 e. The van der Waals surface area contributed by atoms with Crippen LogP contribution >= 0.6 is 0 Å². The van der Waals surface area contributed by atoms with E-state index in [4.69, 9.17) is 5.11 Å². The third kappa shape index (κ3) is 2.18. The van der Waals surface area contributed by atoms with Crippen molar-refractivity contribution < 1.29 is 19.4 Å². The predicted octanol–water partition coefficient (Wildman–Crippen LogP) is 0.746. The molecule has 0 fully saturated rings. The van der Waals surface area contributed by atoms with Crippen LogP contribution < -0.4 is 0 Å². The summed E-state index contributed by atoms with van der Waals surface area (Å²) in [6.45, 7) is 0. The van der Waals surface area contributed by atoms with Crippen molar-refractivity contribution in [2.75, 3.05) is 7.11 Å². The Morgan fingerprint density at radius 1 is 1.62 bits per heavy atom. The highest BCUT2D eigenvalue weighted by molar-refractivity contribution is 5.92. The van der Waals surface area contributed by atoms with Crippen LogP contribution in [0.5, 0.6) is 0 Å². The van der Waals surface area contributed by atoms with Crippen LogP contribution in [-0.2, 0) is 14.3 Å². The van der Waals surface area contributed by atoms with Gasteiger partial charge < -0.3 is 9.84 Å². The molecule has 13 heavy (non-hydrogen) atoms. The minimum atomic E-state index is -0.878. The van der Waals surface area contributed by atoms with Gasteiger partial charge in [0.25, 0.3) is 0 Å². The molecule has 70 valence electrons. The zero-order chi connectivity index (χ0) is 9.84. The van der Waals surface area contributed by atoms with E-state index in [1.165, 1.54) is 19.3 Å². The fourth-order valence-electron chi connectivity index (χ4n) is 1.07. The van der Waals surface area contributed by atoms with E-state index in [2.05, 4.69) is 4.74 Å².